The van der Waals surface area contributed by atoms with E-state index in [4.69, 9.17) is 0 Å². The minimum Gasteiger partial charge on any atom is -0.355 e. The van der Waals surface area contributed by atoms with Crippen molar-refractivity contribution in [1.29, 1.82) is 0 Å². The molecule has 0 bridgehead atoms. The molecule has 0 fully saturated rings. The van der Waals surface area contributed by atoms with Crippen molar-refractivity contribution in [2.45, 2.75) is 43.5 Å². The van der Waals surface area contributed by atoms with E-state index in [2.05, 4.69) is 17.0 Å². The molecule has 0 aliphatic heterocycles. The average Bonchev–Trinajstić information content (AvgIpc) is 2.65. The van der Waals surface area contributed by atoms with Crippen LogP contribution < -0.4 is 10.0 Å². The summed E-state index contributed by atoms with van der Waals surface area (Å²) in [6.07, 6.45) is 2.99. The van der Waals surface area contributed by atoms with E-state index >= 15 is 0 Å². The van der Waals surface area contributed by atoms with Gasteiger partial charge in [-0.15, -0.1) is 0 Å². The van der Waals surface area contributed by atoms with E-state index in [1.54, 1.807) is 0 Å². The fraction of sp³-hybridized carbons (Fsp3) is 0.350. The lowest BCUT2D eigenvalue weighted by atomic mass is 10.1. The molecule has 1 atom stereocenters. The number of carbonyl (C=O) groups excluding carboxylic acids is 1. The van der Waals surface area contributed by atoms with Crippen LogP contribution in [0, 0.1) is 5.82 Å². The van der Waals surface area contributed by atoms with Crippen molar-refractivity contribution in [2.75, 3.05) is 6.54 Å². The van der Waals surface area contributed by atoms with Crippen LogP contribution in [-0.4, -0.2) is 26.9 Å². The summed E-state index contributed by atoms with van der Waals surface area (Å²) in [6, 6.07) is 13.2. The van der Waals surface area contributed by atoms with E-state index in [-0.39, 0.29) is 6.42 Å². The number of halogens is 1. The maximum atomic E-state index is 13.9. The number of carbonyl (C=O) groups is 1. The molecule has 0 saturated carbocycles. The zero-order valence-corrected chi connectivity index (χ0v) is 16.1. The van der Waals surface area contributed by atoms with Crippen molar-refractivity contribution in [3.63, 3.8) is 0 Å². The van der Waals surface area contributed by atoms with Gasteiger partial charge >= 0.3 is 0 Å². The molecule has 2 aromatic carbocycles. The maximum Gasteiger partial charge on any atom is 0.244 e. The molecule has 1 amide bonds. The lowest BCUT2D eigenvalue weighted by molar-refractivity contribution is -0.122. The molecule has 2 aromatic rings. The Kier molecular flexibility index (Phi) is 7.94. The highest BCUT2D eigenvalue weighted by Gasteiger charge is 2.27. The van der Waals surface area contributed by atoms with Crippen LogP contribution in [0.5, 0.6) is 0 Å². The highest BCUT2D eigenvalue weighted by Crippen LogP contribution is 2.15. The van der Waals surface area contributed by atoms with Crippen LogP contribution in [0.1, 0.15) is 31.7 Å². The third kappa shape index (κ3) is 6.45. The highest BCUT2D eigenvalue weighted by atomic mass is 32.2. The van der Waals surface area contributed by atoms with Gasteiger partial charge in [0, 0.05) is 6.54 Å². The van der Waals surface area contributed by atoms with Gasteiger partial charge in [-0.05, 0) is 30.5 Å². The Balaban J connectivity index is 2.18. The largest absolute Gasteiger partial charge is 0.355 e. The van der Waals surface area contributed by atoms with Crippen molar-refractivity contribution in [3.05, 3.63) is 66.0 Å². The molecule has 0 aliphatic rings. The summed E-state index contributed by atoms with van der Waals surface area (Å²) < 4.78 is 41.5. The molecule has 0 aromatic heterocycles. The van der Waals surface area contributed by atoms with Gasteiger partial charge in [0.1, 0.15) is 16.8 Å². The Hall–Kier alpha value is -2.25. The second-order valence-corrected chi connectivity index (χ2v) is 7.97. The summed E-state index contributed by atoms with van der Waals surface area (Å²) >= 11 is 0. The Labute approximate surface area is 160 Å². The fourth-order valence-electron chi connectivity index (χ4n) is 2.66. The predicted octanol–water partition coefficient (Wildman–Crippen LogP) is 3.02. The molecule has 0 spiro atoms. The molecule has 7 heteroatoms. The minimum atomic E-state index is -4.18. The number of benzene rings is 2. The van der Waals surface area contributed by atoms with E-state index in [1.807, 2.05) is 30.3 Å². The normalized spacial score (nSPS) is 12.5. The number of sulfonamides is 1. The van der Waals surface area contributed by atoms with Crippen LogP contribution in [0.3, 0.4) is 0 Å². The molecule has 146 valence electrons. The Bertz CT molecular complexity index is 841. The van der Waals surface area contributed by atoms with E-state index < -0.39 is 32.7 Å². The quantitative estimate of drug-likeness (QED) is 0.611. The van der Waals surface area contributed by atoms with Gasteiger partial charge in [0.2, 0.25) is 15.9 Å². The van der Waals surface area contributed by atoms with Crippen LogP contribution >= 0.6 is 0 Å². The monoisotopic (exact) mass is 392 g/mol. The number of unbranched alkanes of at least 4 members (excludes halogenated alkanes) is 2. The lowest BCUT2D eigenvalue weighted by Gasteiger charge is -2.19. The maximum absolute atomic E-state index is 13.9. The summed E-state index contributed by atoms with van der Waals surface area (Å²) in [5, 5.41) is 2.77. The van der Waals surface area contributed by atoms with Gasteiger partial charge in [-0.25, -0.2) is 12.8 Å². The van der Waals surface area contributed by atoms with E-state index in [9.17, 15) is 17.6 Å². The Morgan fingerprint density at radius 2 is 1.70 bits per heavy atom. The molecule has 2 rings (SSSR count). The first-order valence-corrected chi connectivity index (χ1v) is 10.5. The Morgan fingerprint density at radius 1 is 1.04 bits per heavy atom. The predicted molar refractivity (Wildman–Crippen MR) is 103 cm³/mol. The van der Waals surface area contributed by atoms with Gasteiger partial charge in [0.25, 0.3) is 0 Å². The van der Waals surface area contributed by atoms with Crippen LogP contribution in [0.15, 0.2) is 59.5 Å². The van der Waals surface area contributed by atoms with E-state index in [0.717, 1.165) is 30.9 Å². The smallest absolute Gasteiger partial charge is 0.244 e. The number of hydrogen-bond acceptors (Lipinski definition) is 3. The van der Waals surface area contributed by atoms with Crippen molar-refractivity contribution < 1.29 is 17.6 Å². The molecule has 0 aliphatic carbocycles. The van der Waals surface area contributed by atoms with Crippen LogP contribution in [0.2, 0.25) is 0 Å². The van der Waals surface area contributed by atoms with Gasteiger partial charge in [-0.2, -0.15) is 4.72 Å². The second kappa shape index (κ2) is 10.2. The minimum absolute atomic E-state index is 0.175. The third-order valence-corrected chi connectivity index (χ3v) is 5.61. The highest BCUT2D eigenvalue weighted by molar-refractivity contribution is 7.89. The first-order valence-electron chi connectivity index (χ1n) is 9.02. The summed E-state index contributed by atoms with van der Waals surface area (Å²) in [7, 11) is -4.18. The zero-order chi connectivity index (χ0) is 19.7. The van der Waals surface area contributed by atoms with E-state index in [1.165, 1.54) is 18.2 Å². The molecule has 27 heavy (non-hydrogen) atoms. The number of rotatable bonds is 10. The van der Waals surface area contributed by atoms with Crippen molar-refractivity contribution >= 4 is 15.9 Å². The topological polar surface area (TPSA) is 75.3 Å². The number of hydrogen-bond donors (Lipinski definition) is 2. The zero-order valence-electron chi connectivity index (χ0n) is 15.3. The van der Waals surface area contributed by atoms with Gasteiger partial charge in [0.05, 0.1) is 0 Å². The van der Waals surface area contributed by atoms with Gasteiger partial charge in [-0.1, -0.05) is 62.2 Å². The molecule has 0 radical (unpaired) electrons. The van der Waals surface area contributed by atoms with Gasteiger partial charge in [0.15, 0.2) is 0 Å². The van der Waals surface area contributed by atoms with Crippen molar-refractivity contribution in [2.24, 2.45) is 0 Å². The molecule has 0 heterocycles. The third-order valence-electron chi connectivity index (χ3n) is 4.10. The number of amides is 1. The summed E-state index contributed by atoms with van der Waals surface area (Å²) in [4.78, 5) is 12.1. The standard InChI is InChI=1S/C20H25FN2O3S/c1-2-3-9-14-22-20(24)18(15-16-10-5-4-6-11-16)23-27(25,26)19-13-8-7-12-17(19)21/h4-8,10-13,18,23H,2-3,9,14-15H2,1H3,(H,22,24). The fourth-order valence-corrected chi connectivity index (χ4v) is 3.94. The van der Waals surface area contributed by atoms with Crippen LogP contribution in [0.25, 0.3) is 0 Å². The summed E-state index contributed by atoms with van der Waals surface area (Å²) in [5.74, 6) is -1.28. The Morgan fingerprint density at radius 3 is 2.37 bits per heavy atom. The van der Waals surface area contributed by atoms with Crippen molar-refractivity contribution in [1.82, 2.24) is 10.0 Å². The molecule has 0 saturated heterocycles. The first-order chi connectivity index (χ1) is 12.9. The molecular weight excluding hydrogens is 367 g/mol. The van der Waals surface area contributed by atoms with Crippen LogP contribution in [0.4, 0.5) is 4.39 Å². The van der Waals surface area contributed by atoms with Crippen molar-refractivity contribution in [3.8, 4) is 0 Å². The molecular formula is C20H25FN2O3S. The second-order valence-electron chi connectivity index (χ2n) is 6.29. The van der Waals surface area contributed by atoms with Gasteiger partial charge in [-0.3, -0.25) is 4.79 Å². The average molecular weight is 392 g/mol. The van der Waals surface area contributed by atoms with E-state index in [0.29, 0.717) is 6.54 Å². The summed E-state index contributed by atoms with van der Waals surface area (Å²) in [5.41, 5.74) is 0.808. The molecule has 2 N–H and O–H groups in total. The SMILES string of the molecule is CCCCCNC(=O)C(Cc1ccccc1)NS(=O)(=O)c1ccccc1F. The molecule has 1 unspecified atom stereocenters. The van der Waals surface area contributed by atoms with Crippen LogP contribution in [-0.2, 0) is 21.2 Å². The first kappa shape index (κ1) is 21.1. The number of nitrogens with one attached hydrogen (secondary N) is 2. The molecule has 5 nitrogen and oxygen atoms in total. The van der Waals surface area contributed by atoms with Gasteiger partial charge < -0.3 is 5.32 Å². The lowest BCUT2D eigenvalue weighted by Crippen LogP contribution is -2.48. The summed E-state index contributed by atoms with van der Waals surface area (Å²) in [6.45, 7) is 2.53.